The van der Waals surface area contributed by atoms with Crippen LogP contribution in [0.2, 0.25) is 0 Å². The van der Waals surface area contributed by atoms with Gasteiger partial charge >= 0.3 is 0 Å². The van der Waals surface area contributed by atoms with Crippen LogP contribution in [0.25, 0.3) is 0 Å². The molecule has 1 aromatic rings. The van der Waals surface area contributed by atoms with E-state index in [-0.39, 0.29) is 5.54 Å². The van der Waals surface area contributed by atoms with E-state index in [9.17, 15) is 0 Å². The van der Waals surface area contributed by atoms with E-state index >= 15 is 0 Å². The molecule has 0 radical (unpaired) electrons. The predicted octanol–water partition coefficient (Wildman–Crippen LogP) is 3.32. The number of hydrogen-bond acceptors (Lipinski definition) is 2. The summed E-state index contributed by atoms with van der Waals surface area (Å²) < 4.78 is 1.14. The molecule has 0 spiro atoms. The molecule has 0 aromatic heterocycles. The molecule has 0 aliphatic heterocycles. The van der Waals surface area contributed by atoms with Crippen LogP contribution in [0, 0.1) is 6.92 Å². The van der Waals surface area contributed by atoms with E-state index in [1.54, 1.807) is 0 Å². The SMILES string of the molecule is Cc1ccc(Br)cc1CN(C)CCC(C)(C)N. The molecule has 0 aliphatic rings. The maximum Gasteiger partial charge on any atom is 0.0233 e. The molecule has 0 amide bonds. The van der Waals surface area contributed by atoms with E-state index < -0.39 is 0 Å². The second-order valence-corrected chi connectivity index (χ2v) is 6.46. The summed E-state index contributed by atoms with van der Waals surface area (Å²) in [6.07, 6.45) is 1.01. The summed E-state index contributed by atoms with van der Waals surface area (Å²) in [5.74, 6) is 0. The maximum absolute atomic E-state index is 6.00. The van der Waals surface area contributed by atoms with Gasteiger partial charge in [0, 0.05) is 16.6 Å². The second kappa shape index (κ2) is 5.98. The summed E-state index contributed by atoms with van der Waals surface area (Å²) in [5.41, 5.74) is 8.63. The molecule has 2 nitrogen and oxygen atoms in total. The van der Waals surface area contributed by atoms with Crippen molar-refractivity contribution in [1.29, 1.82) is 0 Å². The Morgan fingerprint density at radius 3 is 2.59 bits per heavy atom. The van der Waals surface area contributed by atoms with Gasteiger partial charge in [-0.2, -0.15) is 0 Å². The van der Waals surface area contributed by atoms with Crippen LogP contribution >= 0.6 is 15.9 Å². The summed E-state index contributed by atoms with van der Waals surface area (Å²) in [7, 11) is 2.14. The molecule has 0 saturated carbocycles. The normalized spacial score (nSPS) is 12.2. The van der Waals surface area contributed by atoms with Gasteiger partial charge in [0.15, 0.2) is 0 Å². The third kappa shape index (κ3) is 5.66. The van der Waals surface area contributed by atoms with Gasteiger partial charge in [-0.3, -0.25) is 0 Å². The van der Waals surface area contributed by atoms with E-state index in [1.165, 1.54) is 11.1 Å². The number of nitrogens with zero attached hydrogens (tertiary/aromatic N) is 1. The monoisotopic (exact) mass is 298 g/mol. The van der Waals surface area contributed by atoms with Gasteiger partial charge in [0.05, 0.1) is 0 Å². The van der Waals surface area contributed by atoms with Crippen molar-refractivity contribution in [3.05, 3.63) is 33.8 Å². The van der Waals surface area contributed by atoms with Crippen molar-refractivity contribution >= 4 is 15.9 Å². The van der Waals surface area contributed by atoms with Gasteiger partial charge in [-0.1, -0.05) is 22.0 Å². The van der Waals surface area contributed by atoms with E-state index in [2.05, 4.69) is 66.8 Å². The highest BCUT2D eigenvalue weighted by molar-refractivity contribution is 9.10. The van der Waals surface area contributed by atoms with Crippen LogP contribution in [0.5, 0.6) is 0 Å². The molecule has 1 aromatic carbocycles. The second-order valence-electron chi connectivity index (χ2n) is 5.55. The van der Waals surface area contributed by atoms with Gasteiger partial charge in [0.25, 0.3) is 0 Å². The molecule has 0 bridgehead atoms. The minimum atomic E-state index is -0.0828. The highest BCUT2D eigenvalue weighted by Crippen LogP contribution is 2.17. The van der Waals surface area contributed by atoms with E-state index in [4.69, 9.17) is 5.73 Å². The fourth-order valence-electron chi connectivity index (χ4n) is 1.66. The van der Waals surface area contributed by atoms with Crippen LogP contribution in [-0.2, 0) is 6.54 Å². The van der Waals surface area contributed by atoms with Crippen molar-refractivity contribution in [2.75, 3.05) is 13.6 Å². The van der Waals surface area contributed by atoms with E-state index in [0.717, 1.165) is 24.0 Å². The first-order chi connectivity index (χ1) is 7.78. The minimum Gasteiger partial charge on any atom is -0.326 e. The first kappa shape index (κ1) is 14.7. The molecule has 96 valence electrons. The number of hydrogen-bond donors (Lipinski definition) is 1. The number of aryl methyl sites for hydroxylation is 1. The summed E-state index contributed by atoms with van der Waals surface area (Å²) in [6.45, 7) is 8.30. The smallest absolute Gasteiger partial charge is 0.0233 e. The molecule has 0 saturated heterocycles. The van der Waals surface area contributed by atoms with E-state index in [1.807, 2.05) is 0 Å². The first-order valence-corrected chi connectivity index (χ1v) is 6.80. The number of benzene rings is 1. The summed E-state index contributed by atoms with van der Waals surface area (Å²) in [6, 6.07) is 6.43. The van der Waals surface area contributed by atoms with Gasteiger partial charge in [-0.05, 0) is 64.0 Å². The highest BCUT2D eigenvalue weighted by Gasteiger charge is 2.12. The lowest BCUT2D eigenvalue weighted by molar-refractivity contribution is 0.288. The van der Waals surface area contributed by atoms with Crippen molar-refractivity contribution in [2.45, 2.75) is 39.3 Å². The Hall–Kier alpha value is -0.380. The maximum atomic E-state index is 6.00. The molecule has 2 N–H and O–H groups in total. The van der Waals surface area contributed by atoms with Crippen LogP contribution < -0.4 is 5.73 Å². The zero-order chi connectivity index (χ0) is 13.1. The largest absolute Gasteiger partial charge is 0.326 e. The summed E-state index contributed by atoms with van der Waals surface area (Å²) >= 11 is 3.52. The molecule has 0 unspecified atom stereocenters. The van der Waals surface area contributed by atoms with Gasteiger partial charge in [0.2, 0.25) is 0 Å². The number of rotatable bonds is 5. The van der Waals surface area contributed by atoms with Crippen molar-refractivity contribution in [3.8, 4) is 0 Å². The summed E-state index contributed by atoms with van der Waals surface area (Å²) in [4.78, 5) is 2.32. The summed E-state index contributed by atoms with van der Waals surface area (Å²) in [5, 5.41) is 0. The van der Waals surface area contributed by atoms with Crippen molar-refractivity contribution in [1.82, 2.24) is 4.90 Å². The lowest BCUT2D eigenvalue weighted by Gasteiger charge is -2.24. The van der Waals surface area contributed by atoms with E-state index in [0.29, 0.717) is 0 Å². The molecule has 0 aliphatic carbocycles. The van der Waals surface area contributed by atoms with Gasteiger partial charge in [-0.25, -0.2) is 0 Å². The Bertz CT molecular complexity index is 369. The third-order valence-corrected chi connectivity index (χ3v) is 3.38. The quantitative estimate of drug-likeness (QED) is 0.903. The fraction of sp³-hybridized carbons (Fsp3) is 0.571. The molecular weight excluding hydrogens is 276 g/mol. The highest BCUT2D eigenvalue weighted by atomic mass is 79.9. The standard InChI is InChI=1S/C14H23BrN2/c1-11-5-6-13(15)9-12(11)10-17(4)8-7-14(2,3)16/h5-6,9H,7-8,10,16H2,1-4H3. The Morgan fingerprint density at radius 1 is 1.35 bits per heavy atom. The van der Waals surface area contributed by atoms with Crippen molar-refractivity contribution < 1.29 is 0 Å². The molecule has 1 rings (SSSR count). The molecule has 17 heavy (non-hydrogen) atoms. The fourth-order valence-corrected chi connectivity index (χ4v) is 2.07. The van der Waals surface area contributed by atoms with Gasteiger partial charge in [0.1, 0.15) is 0 Å². The lowest BCUT2D eigenvalue weighted by Crippen LogP contribution is -2.36. The Morgan fingerprint density at radius 2 is 2.00 bits per heavy atom. The topological polar surface area (TPSA) is 29.3 Å². The first-order valence-electron chi connectivity index (χ1n) is 6.00. The Kier molecular flexibility index (Phi) is 5.17. The molecule has 0 heterocycles. The zero-order valence-electron chi connectivity index (χ0n) is 11.3. The lowest BCUT2D eigenvalue weighted by atomic mass is 10.0. The van der Waals surface area contributed by atoms with Crippen molar-refractivity contribution in [3.63, 3.8) is 0 Å². The van der Waals surface area contributed by atoms with Crippen LogP contribution in [0.1, 0.15) is 31.4 Å². The predicted molar refractivity (Wildman–Crippen MR) is 78.1 cm³/mol. The van der Waals surface area contributed by atoms with Gasteiger partial charge in [-0.15, -0.1) is 0 Å². The Labute approximate surface area is 113 Å². The van der Waals surface area contributed by atoms with Crippen LogP contribution in [0.15, 0.2) is 22.7 Å². The van der Waals surface area contributed by atoms with Crippen LogP contribution in [0.3, 0.4) is 0 Å². The number of halogens is 1. The molecule has 3 heteroatoms. The average molecular weight is 299 g/mol. The molecule has 0 atom stereocenters. The minimum absolute atomic E-state index is 0.0828. The zero-order valence-corrected chi connectivity index (χ0v) is 12.8. The molecular formula is C14H23BrN2. The third-order valence-electron chi connectivity index (χ3n) is 2.89. The Balaban J connectivity index is 2.56. The average Bonchev–Trinajstić information content (AvgIpc) is 2.20. The number of nitrogens with two attached hydrogens (primary N) is 1. The van der Waals surface area contributed by atoms with Crippen LogP contribution in [0.4, 0.5) is 0 Å². The van der Waals surface area contributed by atoms with Gasteiger partial charge < -0.3 is 10.6 Å². The molecule has 0 fully saturated rings. The van der Waals surface area contributed by atoms with Crippen LogP contribution in [-0.4, -0.2) is 24.0 Å². The van der Waals surface area contributed by atoms with Crippen molar-refractivity contribution in [2.24, 2.45) is 5.73 Å².